The minimum atomic E-state index is -5.21. The number of carbonyl (C=O) groups is 1. The molecule has 1 rings (SSSR count). The maximum absolute atomic E-state index is 12.9. The third kappa shape index (κ3) is 4.36. The van der Waals surface area contributed by atoms with Crippen LogP contribution < -0.4 is 0 Å². The molecular formula is C12H9BrF6O2. The molecule has 0 aliphatic rings. The molecule has 0 aliphatic heterocycles. The highest BCUT2D eigenvalue weighted by atomic mass is 79.9. The standard InChI is InChI=1S/C12H9BrF6O2/c1-2-21-8(20)5-6-3-4-7(11(14,15)16)9(10(6)13)12(17,18)19/h3-4H,2,5H2,1H3. The Morgan fingerprint density at radius 1 is 1.14 bits per heavy atom. The number of alkyl halides is 6. The molecule has 118 valence electrons. The van der Waals surface area contributed by atoms with Gasteiger partial charge in [-0.3, -0.25) is 4.79 Å². The van der Waals surface area contributed by atoms with Crippen molar-refractivity contribution in [2.24, 2.45) is 0 Å². The first-order chi connectivity index (χ1) is 9.48. The average Bonchev–Trinajstić information content (AvgIpc) is 2.28. The zero-order chi connectivity index (χ0) is 16.4. The average molecular weight is 379 g/mol. The summed E-state index contributed by atoms with van der Waals surface area (Å²) in [5.74, 6) is -0.828. The van der Waals surface area contributed by atoms with E-state index in [-0.39, 0.29) is 12.2 Å². The van der Waals surface area contributed by atoms with Crippen molar-refractivity contribution < 1.29 is 35.9 Å². The summed E-state index contributed by atoms with van der Waals surface area (Å²) >= 11 is 2.51. The van der Waals surface area contributed by atoms with Gasteiger partial charge in [-0.25, -0.2) is 0 Å². The first kappa shape index (κ1) is 17.8. The van der Waals surface area contributed by atoms with Crippen molar-refractivity contribution in [3.05, 3.63) is 33.3 Å². The Balaban J connectivity index is 3.38. The van der Waals surface area contributed by atoms with Crippen molar-refractivity contribution in [1.29, 1.82) is 0 Å². The highest BCUT2D eigenvalue weighted by molar-refractivity contribution is 9.10. The summed E-state index contributed by atoms with van der Waals surface area (Å²) in [6.07, 6.45) is -10.9. The van der Waals surface area contributed by atoms with E-state index in [1.807, 2.05) is 0 Å². The summed E-state index contributed by atoms with van der Waals surface area (Å²) in [6, 6.07) is 1.13. The predicted molar refractivity (Wildman–Crippen MR) is 64.5 cm³/mol. The Labute approximate surface area is 124 Å². The van der Waals surface area contributed by atoms with Gasteiger partial charge in [0.05, 0.1) is 24.2 Å². The molecule has 1 aromatic carbocycles. The van der Waals surface area contributed by atoms with Crippen LogP contribution in [0.5, 0.6) is 0 Å². The second-order valence-corrected chi connectivity index (χ2v) is 4.73. The molecule has 0 bridgehead atoms. The number of hydrogen-bond donors (Lipinski definition) is 0. The molecule has 0 unspecified atom stereocenters. The van der Waals surface area contributed by atoms with E-state index in [1.165, 1.54) is 6.92 Å². The van der Waals surface area contributed by atoms with Crippen LogP contribution in [0, 0.1) is 0 Å². The van der Waals surface area contributed by atoms with Crippen molar-refractivity contribution in [1.82, 2.24) is 0 Å². The fourth-order valence-electron chi connectivity index (χ4n) is 1.64. The van der Waals surface area contributed by atoms with Crippen LogP contribution in [0.15, 0.2) is 16.6 Å². The Kier molecular flexibility index (Phi) is 5.30. The van der Waals surface area contributed by atoms with E-state index < -0.39 is 40.3 Å². The van der Waals surface area contributed by atoms with Crippen LogP contribution in [0.3, 0.4) is 0 Å². The Bertz CT molecular complexity index is 536. The maximum atomic E-state index is 12.9. The molecule has 0 saturated heterocycles. The third-order valence-corrected chi connectivity index (χ3v) is 3.36. The lowest BCUT2D eigenvalue weighted by Crippen LogP contribution is -2.19. The number of benzene rings is 1. The molecule has 0 fully saturated rings. The highest BCUT2D eigenvalue weighted by Gasteiger charge is 2.45. The van der Waals surface area contributed by atoms with Crippen LogP contribution in [0.1, 0.15) is 23.6 Å². The molecule has 0 atom stereocenters. The van der Waals surface area contributed by atoms with Crippen LogP contribution in [-0.4, -0.2) is 12.6 Å². The minimum Gasteiger partial charge on any atom is -0.466 e. The van der Waals surface area contributed by atoms with Gasteiger partial charge in [0.2, 0.25) is 0 Å². The molecule has 0 radical (unpaired) electrons. The molecule has 0 spiro atoms. The lowest BCUT2D eigenvalue weighted by atomic mass is 10.0. The number of ether oxygens (including phenoxy) is 1. The molecule has 21 heavy (non-hydrogen) atoms. The van der Waals surface area contributed by atoms with Crippen LogP contribution in [0.25, 0.3) is 0 Å². The van der Waals surface area contributed by atoms with Crippen molar-refractivity contribution in [3.63, 3.8) is 0 Å². The Morgan fingerprint density at radius 2 is 1.71 bits per heavy atom. The molecular weight excluding hydrogens is 370 g/mol. The predicted octanol–water partition coefficient (Wildman–Crippen LogP) is 4.59. The summed E-state index contributed by atoms with van der Waals surface area (Å²) in [5.41, 5.74) is -3.89. The van der Waals surface area contributed by atoms with E-state index in [9.17, 15) is 31.1 Å². The van der Waals surface area contributed by atoms with Crippen molar-refractivity contribution >= 4 is 21.9 Å². The number of esters is 1. The summed E-state index contributed by atoms with van der Waals surface area (Å²) in [4.78, 5) is 11.3. The van der Waals surface area contributed by atoms with E-state index >= 15 is 0 Å². The van der Waals surface area contributed by atoms with Gasteiger partial charge in [-0.2, -0.15) is 26.3 Å². The SMILES string of the molecule is CCOC(=O)Cc1ccc(C(F)(F)F)c(C(F)(F)F)c1Br. The van der Waals surface area contributed by atoms with Crippen LogP contribution in [-0.2, 0) is 28.3 Å². The van der Waals surface area contributed by atoms with E-state index in [2.05, 4.69) is 20.7 Å². The van der Waals surface area contributed by atoms with Gasteiger partial charge in [0.25, 0.3) is 0 Å². The second kappa shape index (κ2) is 6.25. The summed E-state index contributed by atoms with van der Waals surface area (Å²) < 4.78 is 80.3. The molecule has 0 N–H and O–H groups in total. The van der Waals surface area contributed by atoms with Crippen LogP contribution in [0.2, 0.25) is 0 Å². The molecule has 0 aromatic heterocycles. The van der Waals surface area contributed by atoms with Crippen molar-refractivity contribution in [2.45, 2.75) is 25.7 Å². The first-order valence-corrected chi connectivity index (χ1v) is 6.39. The normalized spacial score (nSPS) is 12.4. The minimum absolute atomic E-state index is 0.0171. The van der Waals surface area contributed by atoms with Crippen molar-refractivity contribution in [2.75, 3.05) is 6.61 Å². The van der Waals surface area contributed by atoms with E-state index in [0.717, 1.165) is 6.07 Å². The largest absolute Gasteiger partial charge is 0.466 e. The number of carbonyl (C=O) groups excluding carboxylic acids is 1. The molecule has 0 amide bonds. The highest BCUT2D eigenvalue weighted by Crippen LogP contribution is 2.45. The van der Waals surface area contributed by atoms with E-state index in [1.54, 1.807) is 0 Å². The lowest BCUT2D eigenvalue weighted by Gasteiger charge is -2.19. The van der Waals surface area contributed by atoms with Gasteiger partial charge in [-0.05, 0) is 34.5 Å². The van der Waals surface area contributed by atoms with E-state index in [0.29, 0.717) is 6.07 Å². The molecule has 9 heteroatoms. The number of halogens is 7. The fraction of sp³-hybridized carbons (Fsp3) is 0.417. The fourth-order valence-corrected chi connectivity index (χ4v) is 2.35. The smallest absolute Gasteiger partial charge is 0.418 e. The van der Waals surface area contributed by atoms with Crippen LogP contribution in [0.4, 0.5) is 26.3 Å². The van der Waals surface area contributed by atoms with Gasteiger partial charge in [-0.15, -0.1) is 0 Å². The summed E-state index contributed by atoms with van der Waals surface area (Å²) in [5, 5.41) is 0. The molecule has 1 aromatic rings. The van der Waals surface area contributed by atoms with Gasteiger partial charge in [0.1, 0.15) is 0 Å². The van der Waals surface area contributed by atoms with Gasteiger partial charge < -0.3 is 4.74 Å². The topological polar surface area (TPSA) is 26.3 Å². The zero-order valence-electron chi connectivity index (χ0n) is 10.5. The zero-order valence-corrected chi connectivity index (χ0v) is 12.1. The van der Waals surface area contributed by atoms with Gasteiger partial charge in [0, 0.05) is 4.47 Å². The molecule has 0 saturated carbocycles. The summed E-state index contributed by atoms with van der Waals surface area (Å²) in [7, 11) is 0. The lowest BCUT2D eigenvalue weighted by molar-refractivity contribution is -0.162. The third-order valence-electron chi connectivity index (χ3n) is 2.45. The molecule has 2 nitrogen and oxygen atoms in total. The van der Waals surface area contributed by atoms with Gasteiger partial charge in [-0.1, -0.05) is 6.07 Å². The number of hydrogen-bond acceptors (Lipinski definition) is 2. The Hall–Kier alpha value is -1.25. The monoisotopic (exact) mass is 378 g/mol. The molecule has 0 aliphatic carbocycles. The quantitative estimate of drug-likeness (QED) is 0.567. The Morgan fingerprint density at radius 3 is 2.14 bits per heavy atom. The second-order valence-electron chi connectivity index (χ2n) is 3.94. The first-order valence-electron chi connectivity index (χ1n) is 5.59. The van der Waals surface area contributed by atoms with E-state index in [4.69, 9.17) is 0 Å². The van der Waals surface area contributed by atoms with Crippen LogP contribution >= 0.6 is 15.9 Å². The number of rotatable bonds is 3. The van der Waals surface area contributed by atoms with Gasteiger partial charge in [0.15, 0.2) is 0 Å². The molecule has 0 heterocycles. The summed E-state index contributed by atoms with van der Waals surface area (Å²) in [6.45, 7) is 1.52. The van der Waals surface area contributed by atoms with Crippen molar-refractivity contribution in [3.8, 4) is 0 Å². The maximum Gasteiger partial charge on any atom is 0.418 e. The van der Waals surface area contributed by atoms with Gasteiger partial charge >= 0.3 is 18.3 Å².